The molecule has 1 aliphatic rings. The minimum absolute atomic E-state index is 0.0112. The molecule has 0 aromatic rings. The lowest BCUT2D eigenvalue weighted by molar-refractivity contribution is -0.142. The molecule has 76 valence electrons. The fraction of sp³-hybridized carbons (Fsp3) is 0.857. The third-order valence-electron chi connectivity index (χ3n) is 2.32. The first-order valence-electron chi connectivity index (χ1n) is 4.13. The molecule has 0 aliphatic heterocycles. The number of carbonyl (C=O) groups is 1. The van der Waals surface area contributed by atoms with Crippen molar-refractivity contribution in [2.45, 2.75) is 19.8 Å². The van der Waals surface area contributed by atoms with Gasteiger partial charge in [0.15, 0.2) is 0 Å². The molecule has 1 rings (SSSR count). The highest BCUT2D eigenvalue weighted by molar-refractivity contribution is 7.89. The highest BCUT2D eigenvalue weighted by Crippen LogP contribution is 2.45. The standard InChI is InChI=1S/C7H13NO4S/c1-2-13(11,12)8-5-7(3-4-7)6(9)10/h8H,2-5H2,1H3,(H,9,10). The normalized spacial score (nSPS) is 19.8. The average molecular weight is 207 g/mol. The van der Waals surface area contributed by atoms with E-state index in [9.17, 15) is 13.2 Å². The zero-order valence-electron chi connectivity index (χ0n) is 7.41. The lowest BCUT2D eigenvalue weighted by Gasteiger charge is -2.10. The Morgan fingerprint density at radius 3 is 2.38 bits per heavy atom. The molecule has 2 N–H and O–H groups in total. The van der Waals surface area contributed by atoms with Gasteiger partial charge >= 0.3 is 5.97 Å². The van der Waals surface area contributed by atoms with Crippen molar-refractivity contribution in [3.8, 4) is 0 Å². The van der Waals surface area contributed by atoms with Crippen molar-refractivity contribution in [1.29, 1.82) is 0 Å². The molecule has 0 aromatic carbocycles. The smallest absolute Gasteiger partial charge is 0.310 e. The summed E-state index contributed by atoms with van der Waals surface area (Å²) in [5.74, 6) is -0.922. The van der Waals surface area contributed by atoms with Crippen LogP contribution in [0.5, 0.6) is 0 Å². The van der Waals surface area contributed by atoms with E-state index in [1.54, 1.807) is 0 Å². The van der Waals surface area contributed by atoms with E-state index in [1.165, 1.54) is 6.92 Å². The van der Waals surface area contributed by atoms with Crippen molar-refractivity contribution in [3.63, 3.8) is 0 Å². The van der Waals surface area contributed by atoms with E-state index < -0.39 is 21.4 Å². The summed E-state index contributed by atoms with van der Waals surface area (Å²) in [6.45, 7) is 1.54. The Labute approximate surface area is 77.2 Å². The topological polar surface area (TPSA) is 83.5 Å². The molecule has 0 radical (unpaired) electrons. The zero-order chi connectivity index (χ0) is 10.1. The Hall–Kier alpha value is -0.620. The predicted molar refractivity (Wildman–Crippen MR) is 46.8 cm³/mol. The van der Waals surface area contributed by atoms with E-state index in [-0.39, 0.29) is 12.3 Å². The van der Waals surface area contributed by atoms with Crippen LogP contribution in [0.3, 0.4) is 0 Å². The number of nitrogens with one attached hydrogen (secondary N) is 1. The Balaban J connectivity index is 2.48. The van der Waals surface area contributed by atoms with Crippen molar-refractivity contribution in [1.82, 2.24) is 4.72 Å². The maximum Gasteiger partial charge on any atom is 0.310 e. The van der Waals surface area contributed by atoms with Crippen LogP contribution in [0, 0.1) is 5.41 Å². The molecule has 0 saturated heterocycles. The number of carboxylic acids is 1. The average Bonchev–Trinajstić information content (AvgIpc) is 2.82. The van der Waals surface area contributed by atoms with Crippen LogP contribution in [-0.2, 0) is 14.8 Å². The summed E-state index contributed by atoms with van der Waals surface area (Å²) in [5, 5.41) is 8.74. The summed E-state index contributed by atoms with van der Waals surface area (Å²) in [7, 11) is -3.26. The second-order valence-corrected chi connectivity index (χ2v) is 5.41. The Bertz CT molecular complexity index is 304. The first kappa shape index (κ1) is 10.5. The molecule has 0 heterocycles. The zero-order valence-corrected chi connectivity index (χ0v) is 8.23. The summed E-state index contributed by atoms with van der Waals surface area (Å²) in [6, 6.07) is 0. The van der Waals surface area contributed by atoms with Crippen LogP contribution in [0.2, 0.25) is 0 Å². The third-order valence-corrected chi connectivity index (χ3v) is 3.66. The molecule has 0 atom stereocenters. The highest BCUT2D eigenvalue weighted by Gasteiger charge is 2.50. The summed E-state index contributed by atoms with van der Waals surface area (Å²) in [6.07, 6.45) is 1.13. The van der Waals surface area contributed by atoms with E-state index in [0.29, 0.717) is 12.8 Å². The largest absolute Gasteiger partial charge is 0.481 e. The second kappa shape index (κ2) is 3.26. The lowest BCUT2D eigenvalue weighted by Crippen LogP contribution is -2.34. The summed E-state index contributed by atoms with van der Waals surface area (Å²) in [5.41, 5.74) is -0.817. The maximum absolute atomic E-state index is 11.0. The minimum atomic E-state index is -3.26. The van der Waals surface area contributed by atoms with Crippen molar-refractivity contribution < 1.29 is 18.3 Å². The van der Waals surface area contributed by atoms with Crippen LogP contribution in [0.15, 0.2) is 0 Å². The number of hydrogen-bond donors (Lipinski definition) is 2. The van der Waals surface area contributed by atoms with Gasteiger partial charge < -0.3 is 5.11 Å². The van der Waals surface area contributed by atoms with Crippen molar-refractivity contribution in [2.24, 2.45) is 5.41 Å². The molecule has 0 unspecified atom stereocenters. The predicted octanol–water partition coefficient (Wildman–Crippen LogP) is -0.210. The maximum atomic E-state index is 11.0. The highest BCUT2D eigenvalue weighted by atomic mass is 32.2. The van der Waals surface area contributed by atoms with E-state index in [1.807, 2.05) is 0 Å². The summed E-state index contributed by atoms with van der Waals surface area (Å²) < 4.78 is 24.3. The molecular weight excluding hydrogens is 194 g/mol. The van der Waals surface area contributed by atoms with Crippen molar-refractivity contribution in [2.75, 3.05) is 12.3 Å². The van der Waals surface area contributed by atoms with Gasteiger partial charge in [0.2, 0.25) is 10.0 Å². The van der Waals surface area contributed by atoms with Crippen LogP contribution in [0.25, 0.3) is 0 Å². The van der Waals surface area contributed by atoms with Gasteiger partial charge in [0.25, 0.3) is 0 Å². The molecule has 0 aromatic heterocycles. The monoisotopic (exact) mass is 207 g/mol. The Kier molecular flexibility index (Phi) is 2.63. The molecule has 13 heavy (non-hydrogen) atoms. The number of aliphatic carboxylic acids is 1. The SMILES string of the molecule is CCS(=O)(=O)NCC1(C(=O)O)CC1. The van der Waals surface area contributed by atoms with E-state index in [2.05, 4.69) is 4.72 Å². The van der Waals surface area contributed by atoms with Crippen LogP contribution in [-0.4, -0.2) is 31.8 Å². The second-order valence-electron chi connectivity index (χ2n) is 3.31. The molecule has 1 fully saturated rings. The van der Waals surface area contributed by atoms with Gasteiger partial charge in [0.1, 0.15) is 0 Å². The van der Waals surface area contributed by atoms with E-state index >= 15 is 0 Å². The third kappa shape index (κ3) is 2.41. The van der Waals surface area contributed by atoms with E-state index in [0.717, 1.165) is 0 Å². The first-order chi connectivity index (χ1) is 5.92. The van der Waals surface area contributed by atoms with Gasteiger partial charge in [-0.1, -0.05) is 0 Å². The van der Waals surface area contributed by atoms with E-state index in [4.69, 9.17) is 5.11 Å². The number of rotatable bonds is 5. The molecule has 0 amide bonds. The number of carboxylic acid groups (broad SMARTS) is 1. The minimum Gasteiger partial charge on any atom is -0.481 e. The lowest BCUT2D eigenvalue weighted by atomic mass is 10.1. The quantitative estimate of drug-likeness (QED) is 0.653. The summed E-state index contributed by atoms with van der Waals surface area (Å²) in [4.78, 5) is 10.7. The van der Waals surface area contributed by atoms with Gasteiger partial charge in [-0.05, 0) is 19.8 Å². The Morgan fingerprint density at radius 2 is 2.08 bits per heavy atom. The van der Waals surface area contributed by atoms with Gasteiger partial charge in [-0.3, -0.25) is 4.79 Å². The van der Waals surface area contributed by atoms with Crippen molar-refractivity contribution >= 4 is 16.0 Å². The first-order valence-corrected chi connectivity index (χ1v) is 5.78. The fourth-order valence-electron chi connectivity index (χ4n) is 0.967. The number of hydrogen-bond acceptors (Lipinski definition) is 3. The molecule has 5 nitrogen and oxygen atoms in total. The molecule has 0 spiro atoms. The van der Waals surface area contributed by atoms with Crippen LogP contribution in [0.4, 0.5) is 0 Å². The van der Waals surface area contributed by atoms with Crippen molar-refractivity contribution in [3.05, 3.63) is 0 Å². The fourth-order valence-corrected chi connectivity index (χ4v) is 1.67. The van der Waals surface area contributed by atoms with Gasteiger partial charge in [0, 0.05) is 6.54 Å². The van der Waals surface area contributed by atoms with Crippen LogP contribution < -0.4 is 4.72 Å². The molecule has 1 saturated carbocycles. The number of sulfonamides is 1. The molecule has 6 heteroatoms. The summed E-state index contributed by atoms with van der Waals surface area (Å²) >= 11 is 0. The Morgan fingerprint density at radius 1 is 1.54 bits per heavy atom. The van der Waals surface area contributed by atoms with Gasteiger partial charge in [-0.25, -0.2) is 13.1 Å². The van der Waals surface area contributed by atoms with Gasteiger partial charge in [-0.2, -0.15) is 0 Å². The van der Waals surface area contributed by atoms with Crippen LogP contribution in [0.1, 0.15) is 19.8 Å². The molecule has 0 bridgehead atoms. The molecule has 1 aliphatic carbocycles. The van der Waals surface area contributed by atoms with Gasteiger partial charge in [0.05, 0.1) is 11.2 Å². The van der Waals surface area contributed by atoms with Gasteiger partial charge in [-0.15, -0.1) is 0 Å². The molecular formula is C7H13NO4S. The van der Waals surface area contributed by atoms with Crippen LogP contribution >= 0.6 is 0 Å².